The molecule has 0 saturated heterocycles. The normalized spacial score (nSPS) is 11.5. The summed E-state index contributed by atoms with van der Waals surface area (Å²) in [6.45, 7) is 17.4. The Morgan fingerprint density at radius 3 is 1.64 bits per heavy atom. The van der Waals surface area contributed by atoms with Gasteiger partial charge in [0.25, 0.3) is 0 Å². The number of benzene rings is 2. The average Bonchev–Trinajstić information content (AvgIpc) is 2.95. The highest BCUT2D eigenvalue weighted by atomic mass is 16.6. The second-order valence-electron chi connectivity index (χ2n) is 11.7. The Morgan fingerprint density at radius 1 is 0.667 bits per heavy atom. The summed E-state index contributed by atoms with van der Waals surface area (Å²) in [6, 6.07) is 14.2. The van der Waals surface area contributed by atoms with Crippen LogP contribution >= 0.6 is 0 Å². The molecule has 0 unspecified atom stereocenters. The van der Waals surface area contributed by atoms with Crippen molar-refractivity contribution in [2.24, 2.45) is 10.8 Å². The van der Waals surface area contributed by atoms with Crippen molar-refractivity contribution in [1.82, 2.24) is 0 Å². The van der Waals surface area contributed by atoms with E-state index < -0.39 is 34.7 Å². The molecule has 0 radical (unpaired) electrons. The molecule has 0 aromatic heterocycles. The van der Waals surface area contributed by atoms with Crippen LogP contribution in [0.25, 0.3) is 12.2 Å². The van der Waals surface area contributed by atoms with Crippen LogP contribution in [-0.4, -0.2) is 50.3 Å². The van der Waals surface area contributed by atoms with E-state index in [1.165, 1.54) is 6.07 Å². The highest BCUT2D eigenvalue weighted by Gasteiger charge is 2.26. The summed E-state index contributed by atoms with van der Waals surface area (Å²) in [6.07, 6.45) is 3.61. The van der Waals surface area contributed by atoms with Crippen molar-refractivity contribution in [3.05, 3.63) is 95.1 Å². The van der Waals surface area contributed by atoms with Crippen LogP contribution in [0.4, 0.5) is 0 Å². The second-order valence-corrected chi connectivity index (χ2v) is 11.7. The van der Waals surface area contributed by atoms with Crippen LogP contribution < -0.4 is 0 Å². The highest BCUT2D eigenvalue weighted by molar-refractivity contribution is 5.99. The number of hydrogen-bond acceptors (Lipinski definition) is 8. The molecule has 0 spiro atoms. The molecule has 0 bridgehead atoms. The van der Waals surface area contributed by atoms with Crippen molar-refractivity contribution in [2.75, 3.05) is 26.4 Å². The van der Waals surface area contributed by atoms with E-state index in [2.05, 4.69) is 13.2 Å². The zero-order valence-corrected chi connectivity index (χ0v) is 25.3. The van der Waals surface area contributed by atoms with E-state index in [0.29, 0.717) is 5.56 Å². The first-order valence-corrected chi connectivity index (χ1v) is 13.5. The van der Waals surface area contributed by atoms with E-state index in [9.17, 15) is 19.2 Å². The lowest BCUT2D eigenvalue weighted by Crippen LogP contribution is -2.29. The number of esters is 4. The topological polar surface area (TPSA) is 105 Å². The second kappa shape index (κ2) is 15.0. The van der Waals surface area contributed by atoms with Crippen LogP contribution in [0.3, 0.4) is 0 Å². The maximum Gasteiger partial charge on any atom is 0.338 e. The fourth-order valence-corrected chi connectivity index (χ4v) is 3.29. The van der Waals surface area contributed by atoms with Gasteiger partial charge in [-0.3, -0.25) is 0 Å². The third-order valence-electron chi connectivity index (χ3n) is 5.84. The summed E-state index contributed by atoms with van der Waals surface area (Å²) in [7, 11) is 0. The van der Waals surface area contributed by atoms with E-state index in [-0.39, 0.29) is 48.7 Å². The van der Waals surface area contributed by atoms with Crippen molar-refractivity contribution >= 4 is 36.0 Å². The highest BCUT2D eigenvalue weighted by Crippen LogP contribution is 2.23. The molecule has 2 aromatic rings. The molecule has 0 aliphatic rings. The Morgan fingerprint density at radius 2 is 1.14 bits per heavy atom. The van der Waals surface area contributed by atoms with Crippen molar-refractivity contribution in [3.8, 4) is 0 Å². The third-order valence-corrected chi connectivity index (χ3v) is 5.84. The van der Waals surface area contributed by atoms with Gasteiger partial charge in [-0.25, -0.2) is 19.2 Å². The lowest BCUT2D eigenvalue weighted by Gasteiger charge is -2.24. The number of carbonyl (C=O) groups is 4. The van der Waals surface area contributed by atoms with Gasteiger partial charge in [0.15, 0.2) is 0 Å². The van der Waals surface area contributed by atoms with Gasteiger partial charge in [0.1, 0.15) is 0 Å². The Balaban J connectivity index is 2.22. The van der Waals surface area contributed by atoms with Crippen LogP contribution in [0.5, 0.6) is 0 Å². The van der Waals surface area contributed by atoms with Crippen molar-refractivity contribution in [3.63, 3.8) is 0 Å². The van der Waals surface area contributed by atoms with E-state index in [4.69, 9.17) is 18.9 Å². The Labute approximate surface area is 248 Å². The summed E-state index contributed by atoms with van der Waals surface area (Å²) >= 11 is 0. The molecule has 2 rings (SSSR count). The molecular weight excluding hydrogens is 536 g/mol. The van der Waals surface area contributed by atoms with Gasteiger partial charge in [-0.2, -0.15) is 0 Å². The number of rotatable bonds is 14. The van der Waals surface area contributed by atoms with Crippen LogP contribution in [0.15, 0.2) is 72.8 Å². The van der Waals surface area contributed by atoms with E-state index in [1.54, 1.807) is 59.8 Å². The number of ether oxygens (including phenoxy) is 4. The summed E-state index contributed by atoms with van der Waals surface area (Å²) < 4.78 is 21.5. The van der Waals surface area contributed by atoms with Crippen molar-refractivity contribution < 1.29 is 38.1 Å². The summed E-state index contributed by atoms with van der Waals surface area (Å²) in [5.41, 5.74) is 1.02. The van der Waals surface area contributed by atoms with Gasteiger partial charge in [0.05, 0.1) is 37.6 Å². The monoisotopic (exact) mass is 576 g/mol. The van der Waals surface area contributed by atoms with Gasteiger partial charge in [-0.05, 0) is 37.1 Å². The molecule has 0 N–H and O–H groups in total. The fourth-order valence-electron chi connectivity index (χ4n) is 3.29. The molecule has 8 heteroatoms. The minimum Gasteiger partial charge on any atom is -0.462 e. The maximum atomic E-state index is 13.3. The van der Waals surface area contributed by atoms with E-state index in [1.807, 2.05) is 36.4 Å². The molecule has 8 nitrogen and oxygen atoms in total. The largest absolute Gasteiger partial charge is 0.462 e. The molecule has 0 atom stereocenters. The zero-order valence-electron chi connectivity index (χ0n) is 25.3. The van der Waals surface area contributed by atoms with Gasteiger partial charge in [-0.1, -0.05) is 89.4 Å². The molecule has 0 aliphatic heterocycles. The van der Waals surface area contributed by atoms with Gasteiger partial charge >= 0.3 is 23.9 Å². The number of hydrogen-bond donors (Lipinski definition) is 0. The number of carbonyl (C=O) groups excluding carboxylic acids is 4. The molecule has 0 heterocycles. The predicted octanol–water partition coefficient (Wildman–Crippen LogP) is 6.46. The molecule has 0 fully saturated rings. The van der Waals surface area contributed by atoms with Gasteiger partial charge in [0, 0.05) is 22.0 Å². The minimum absolute atomic E-state index is 0.0244. The van der Waals surface area contributed by atoms with Crippen LogP contribution in [0, 0.1) is 10.8 Å². The lowest BCUT2D eigenvalue weighted by atomic mass is 9.96. The lowest BCUT2D eigenvalue weighted by molar-refractivity contribution is -0.143. The van der Waals surface area contributed by atoms with Gasteiger partial charge < -0.3 is 18.9 Å². The quantitative estimate of drug-likeness (QED) is 0.109. The summed E-state index contributed by atoms with van der Waals surface area (Å²) in [4.78, 5) is 49.8. The van der Waals surface area contributed by atoms with Crippen molar-refractivity contribution in [1.29, 1.82) is 0 Å². The molecule has 2 aromatic carbocycles. The smallest absolute Gasteiger partial charge is 0.338 e. The first-order valence-electron chi connectivity index (χ1n) is 13.5. The summed E-state index contributed by atoms with van der Waals surface area (Å²) in [5, 5.41) is 0. The SMILES string of the molecule is C=C(C)C(=O)OCC(C)(C)COC(=O)c1ccc(/C=C/c2ccccc2)c(C(=O)OCC(C)(C)COC(=O)C(=C)C)c1. The molecule has 0 amide bonds. The average molecular weight is 577 g/mol. The molecule has 0 saturated carbocycles. The molecule has 224 valence electrons. The predicted molar refractivity (Wildman–Crippen MR) is 161 cm³/mol. The van der Waals surface area contributed by atoms with E-state index in [0.717, 1.165) is 5.56 Å². The molecule has 0 aliphatic carbocycles. The first kappa shape index (κ1) is 33.7. The van der Waals surface area contributed by atoms with Crippen LogP contribution in [0.2, 0.25) is 0 Å². The fraction of sp³-hybridized carbons (Fsp3) is 0.353. The van der Waals surface area contributed by atoms with Crippen LogP contribution in [0.1, 0.15) is 73.4 Å². The van der Waals surface area contributed by atoms with E-state index >= 15 is 0 Å². The van der Waals surface area contributed by atoms with Gasteiger partial charge in [0.2, 0.25) is 0 Å². The van der Waals surface area contributed by atoms with Gasteiger partial charge in [-0.15, -0.1) is 0 Å². The first-order chi connectivity index (χ1) is 19.6. The van der Waals surface area contributed by atoms with Crippen molar-refractivity contribution in [2.45, 2.75) is 41.5 Å². The zero-order chi connectivity index (χ0) is 31.5. The summed E-state index contributed by atoms with van der Waals surface area (Å²) in [5.74, 6) is -2.34. The molecular formula is C34H40O8. The minimum atomic E-state index is -0.670. The van der Waals surface area contributed by atoms with Crippen LogP contribution in [-0.2, 0) is 28.5 Å². The Hall–Kier alpha value is -4.46. The third kappa shape index (κ3) is 11.2. The maximum absolute atomic E-state index is 13.3. The Kier molecular flexibility index (Phi) is 12.0. The Bertz CT molecular complexity index is 1350. The standard InChI is InChI=1S/C34H40O8/c1-23(2)29(35)39-19-33(5,6)21-41-31(37)27-17-16-26(15-14-25-12-10-9-11-13-25)28(18-27)32(38)42-22-34(7,8)20-40-30(36)24(3)4/h9-18H,1,3,19-22H2,2,4-8H3/b15-14+. The molecule has 42 heavy (non-hydrogen) atoms.